The van der Waals surface area contributed by atoms with E-state index < -0.39 is 35.5 Å². The molecule has 12 heteroatoms. The molecule has 0 aliphatic carbocycles. The number of rotatable bonds is 14. The zero-order chi connectivity index (χ0) is 31.0. The van der Waals surface area contributed by atoms with E-state index in [0.717, 1.165) is 5.56 Å². The Morgan fingerprint density at radius 3 is 2.23 bits per heavy atom. The van der Waals surface area contributed by atoms with Crippen LogP contribution >= 0.6 is 0 Å². The van der Waals surface area contributed by atoms with Gasteiger partial charge in [-0.05, 0) is 43.5 Å². The maximum Gasteiger partial charge on any atom is 0.243 e. The summed E-state index contributed by atoms with van der Waals surface area (Å²) >= 11 is 0. The summed E-state index contributed by atoms with van der Waals surface area (Å²) in [6.45, 7) is 5.93. The molecule has 0 spiro atoms. The number of nitrogens with one attached hydrogen (secondary N) is 3. The Hall–Kier alpha value is -4.00. The number of aromatic hydroxyl groups is 1. The van der Waals surface area contributed by atoms with Crippen LogP contribution in [0.4, 0.5) is 0 Å². The van der Waals surface area contributed by atoms with Crippen LogP contribution in [-0.4, -0.2) is 104 Å². The fraction of sp³-hybridized carbons (Fsp3) is 0.484. The summed E-state index contributed by atoms with van der Waals surface area (Å²) in [7, 11) is 1.42. The Bertz CT molecular complexity index is 1290. The van der Waals surface area contributed by atoms with Crippen molar-refractivity contribution in [2.24, 2.45) is 0 Å². The number of amides is 3. The van der Waals surface area contributed by atoms with E-state index in [-0.39, 0.29) is 49.2 Å². The van der Waals surface area contributed by atoms with Gasteiger partial charge < -0.3 is 35.3 Å². The normalized spacial score (nSPS) is 20.3. The highest BCUT2D eigenvalue weighted by Crippen LogP contribution is 2.29. The van der Waals surface area contributed by atoms with Crippen molar-refractivity contribution in [1.29, 1.82) is 0 Å². The quantitative estimate of drug-likeness (QED) is 0.226. The summed E-state index contributed by atoms with van der Waals surface area (Å²) in [5, 5.41) is 18.5. The molecular formula is C31H40N4O8. The Balaban J connectivity index is 1.49. The van der Waals surface area contributed by atoms with Crippen LogP contribution in [-0.2, 0) is 41.5 Å². The van der Waals surface area contributed by atoms with Crippen molar-refractivity contribution in [2.45, 2.75) is 50.4 Å². The van der Waals surface area contributed by atoms with Gasteiger partial charge in [0.05, 0.1) is 39.5 Å². The van der Waals surface area contributed by atoms with Crippen LogP contribution in [0, 0.1) is 0 Å². The van der Waals surface area contributed by atoms with Crippen molar-refractivity contribution >= 4 is 23.5 Å². The molecule has 0 unspecified atom stereocenters. The number of carbonyl (C=O) groups excluding carboxylic acids is 4. The van der Waals surface area contributed by atoms with Gasteiger partial charge in [-0.15, -0.1) is 0 Å². The number of methoxy groups -OCH3 is 1. The minimum Gasteiger partial charge on any atom is -0.504 e. The Morgan fingerprint density at radius 1 is 0.953 bits per heavy atom. The second-order valence-electron chi connectivity index (χ2n) is 11.1. The summed E-state index contributed by atoms with van der Waals surface area (Å²) < 4.78 is 15.8. The van der Waals surface area contributed by atoms with Crippen molar-refractivity contribution in [3.63, 3.8) is 0 Å². The fourth-order valence-corrected chi connectivity index (χ4v) is 4.87. The van der Waals surface area contributed by atoms with E-state index in [4.69, 9.17) is 14.2 Å². The van der Waals surface area contributed by atoms with Crippen LogP contribution in [0.15, 0.2) is 48.5 Å². The summed E-state index contributed by atoms with van der Waals surface area (Å²) in [6, 6.07) is 11.0. The number of phenols is 1. The van der Waals surface area contributed by atoms with Crippen molar-refractivity contribution in [3.05, 3.63) is 59.7 Å². The molecule has 2 fully saturated rings. The van der Waals surface area contributed by atoms with Crippen molar-refractivity contribution in [3.8, 4) is 11.5 Å². The second kappa shape index (κ2) is 14.5. The molecule has 2 aromatic carbocycles. The lowest BCUT2D eigenvalue weighted by atomic mass is 9.94. The number of Topliss-reactive ketones (excluding diaryl/α,β-unsaturated/α-hetero) is 1. The molecule has 4 N–H and O–H groups in total. The topological polar surface area (TPSA) is 159 Å². The molecule has 3 amide bonds. The molecule has 2 aliphatic rings. The molecule has 232 valence electrons. The van der Waals surface area contributed by atoms with Crippen LogP contribution in [0.3, 0.4) is 0 Å². The molecule has 12 nitrogen and oxygen atoms in total. The van der Waals surface area contributed by atoms with Gasteiger partial charge in [0.25, 0.3) is 0 Å². The number of ketones is 1. The average Bonchev–Trinajstić information content (AvgIpc) is 3.75. The molecule has 0 saturated carbocycles. The minimum atomic E-state index is -1.13. The van der Waals surface area contributed by atoms with E-state index in [1.807, 2.05) is 35.2 Å². The van der Waals surface area contributed by atoms with Crippen LogP contribution in [0.1, 0.15) is 25.0 Å². The maximum absolute atomic E-state index is 13.7. The van der Waals surface area contributed by atoms with Gasteiger partial charge in [0.15, 0.2) is 17.3 Å². The number of phenolic OH excluding ortho intramolecular Hbond substituents is 1. The van der Waals surface area contributed by atoms with Gasteiger partial charge in [-0.1, -0.05) is 36.4 Å². The lowest BCUT2D eigenvalue weighted by Crippen LogP contribution is -2.57. The van der Waals surface area contributed by atoms with Gasteiger partial charge in [-0.2, -0.15) is 0 Å². The maximum atomic E-state index is 13.7. The lowest BCUT2D eigenvalue weighted by molar-refractivity contribution is -0.134. The lowest BCUT2D eigenvalue weighted by Gasteiger charge is -2.27. The first-order chi connectivity index (χ1) is 20.6. The highest BCUT2D eigenvalue weighted by atomic mass is 16.6. The standard InChI is InChI=1S/C31H40N4O8/c1-20(32-27(37)18-35-11-13-42-14-12-35)29(39)34-24(16-22-9-10-26(41-3)25(36)17-22)30(40)33-23(28(38)31(2)19-43-31)15-21-7-5-4-6-8-21/h4-10,17,20,23-24,36H,11-16,18-19H2,1-3H3,(H,32,37)(H,33,40)(H,34,39)/t20-,23-,24-,31+/m0/s1. The van der Waals surface area contributed by atoms with Gasteiger partial charge in [-0.3, -0.25) is 24.1 Å². The predicted octanol–water partition coefficient (Wildman–Crippen LogP) is 0.351. The van der Waals surface area contributed by atoms with E-state index >= 15 is 0 Å². The van der Waals surface area contributed by atoms with Crippen molar-refractivity contribution < 1.29 is 38.5 Å². The predicted molar refractivity (Wildman–Crippen MR) is 157 cm³/mol. The molecule has 2 saturated heterocycles. The highest BCUT2D eigenvalue weighted by molar-refractivity contribution is 5.98. The zero-order valence-corrected chi connectivity index (χ0v) is 24.8. The van der Waals surface area contributed by atoms with E-state index in [2.05, 4.69) is 16.0 Å². The number of hydrogen-bond acceptors (Lipinski definition) is 9. The third-order valence-electron chi connectivity index (χ3n) is 7.57. The van der Waals surface area contributed by atoms with Gasteiger partial charge in [0.1, 0.15) is 17.7 Å². The number of morpholine rings is 1. The smallest absolute Gasteiger partial charge is 0.243 e. The molecular weight excluding hydrogens is 556 g/mol. The number of benzene rings is 2. The Kier molecular flexibility index (Phi) is 10.7. The molecule has 2 aromatic rings. The van der Waals surface area contributed by atoms with Crippen LogP contribution in [0.2, 0.25) is 0 Å². The number of ether oxygens (including phenoxy) is 3. The molecule has 0 aromatic heterocycles. The van der Waals surface area contributed by atoms with Crippen LogP contribution < -0.4 is 20.7 Å². The number of hydrogen-bond donors (Lipinski definition) is 4. The van der Waals surface area contributed by atoms with Crippen LogP contribution in [0.5, 0.6) is 11.5 Å². The molecule has 4 atom stereocenters. The van der Waals surface area contributed by atoms with Gasteiger partial charge in [0.2, 0.25) is 17.7 Å². The Labute approximate surface area is 251 Å². The van der Waals surface area contributed by atoms with E-state index in [9.17, 15) is 24.3 Å². The monoisotopic (exact) mass is 596 g/mol. The summed E-state index contributed by atoms with van der Waals surface area (Å²) in [6.07, 6.45) is 0.242. The van der Waals surface area contributed by atoms with E-state index in [1.54, 1.807) is 19.1 Å². The Morgan fingerprint density at radius 2 is 1.60 bits per heavy atom. The second-order valence-corrected chi connectivity index (χ2v) is 11.1. The third-order valence-corrected chi connectivity index (χ3v) is 7.57. The van der Waals surface area contributed by atoms with E-state index in [0.29, 0.717) is 31.9 Å². The minimum absolute atomic E-state index is 0.00356. The molecule has 4 rings (SSSR count). The third kappa shape index (κ3) is 8.99. The average molecular weight is 597 g/mol. The molecule has 0 bridgehead atoms. The van der Waals surface area contributed by atoms with Crippen LogP contribution in [0.25, 0.3) is 0 Å². The first-order valence-electron chi connectivity index (χ1n) is 14.4. The highest BCUT2D eigenvalue weighted by Gasteiger charge is 2.50. The molecule has 43 heavy (non-hydrogen) atoms. The SMILES string of the molecule is COc1ccc(C[C@H](NC(=O)[C@H](C)NC(=O)CN2CCOCC2)C(=O)N[C@@H](Cc2ccccc2)C(=O)[C@@]2(C)CO2)cc1O. The summed E-state index contributed by atoms with van der Waals surface area (Å²) in [5.41, 5.74) is 0.417. The number of epoxide rings is 1. The van der Waals surface area contributed by atoms with Crippen molar-refractivity contribution in [1.82, 2.24) is 20.9 Å². The number of nitrogens with zero attached hydrogens (tertiary/aromatic N) is 1. The number of carbonyl (C=O) groups is 4. The fourth-order valence-electron chi connectivity index (χ4n) is 4.87. The summed E-state index contributed by atoms with van der Waals surface area (Å²) in [5.74, 6) is -1.61. The van der Waals surface area contributed by atoms with Gasteiger partial charge in [0, 0.05) is 19.5 Å². The molecule has 2 aliphatic heterocycles. The largest absolute Gasteiger partial charge is 0.504 e. The zero-order valence-electron chi connectivity index (χ0n) is 24.8. The van der Waals surface area contributed by atoms with E-state index in [1.165, 1.54) is 20.1 Å². The van der Waals surface area contributed by atoms with Crippen molar-refractivity contribution in [2.75, 3.05) is 46.6 Å². The first kappa shape index (κ1) is 31.9. The molecule has 0 radical (unpaired) electrons. The summed E-state index contributed by atoms with van der Waals surface area (Å²) in [4.78, 5) is 54.8. The first-order valence-corrected chi connectivity index (χ1v) is 14.4. The van der Waals surface area contributed by atoms with Gasteiger partial charge >= 0.3 is 0 Å². The van der Waals surface area contributed by atoms with Gasteiger partial charge in [-0.25, -0.2) is 0 Å². The molecule has 2 heterocycles.